The Morgan fingerprint density at radius 3 is 2.33 bits per heavy atom. The van der Waals surface area contributed by atoms with E-state index in [-0.39, 0.29) is 5.41 Å². The van der Waals surface area contributed by atoms with Crippen molar-refractivity contribution in [3.05, 3.63) is 0 Å². The molecule has 3 heteroatoms. The molecule has 3 nitrogen and oxygen atoms in total. The van der Waals surface area contributed by atoms with Crippen molar-refractivity contribution in [1.29, 1.82) is 0 Å². The van der Waals surface area contributed by atoms with E-state index in [2.05, 4.69) is 0 Å². The van der Waals surface area contributed by atoms with Crippen molar-refractivity contribution >= 4 is 5.97 Å². The van der Waals surface area contributed by atoms with Crippen LogP contribution in [0.4, 0.5) is 0 Å². The van der Waals surface area contributed by atoms with Crippen LogP contribution in [0.15, 0.2) is 0 Å². The second-order valence-electron chi connectivity index (χ2n) is 5.02. The summed E-state index contributed by atoms with van der Waals surface area (Å²) in [6.45, 7) is 0. The predicted octanol–water partition coefficient (Wildman–Crippen LogP) is 2.45. The van der Waals surface area contributed by atoms with E-state index in [0.29, 0.717) is 5.92 Å². The van der Waals surface area contributed by atoms with Crippen LogP contribution >= 0.6 is 0 Å². The summed E-state index contributed by atoms with van der Waals surface area (Å²) in [4.78, 5) is 11.1. The molecule has 86 valence electrons. The van der Waals surface area contributed by atoms with E-state index in [1.165, 1.54) is 39.2 Å². The van der Waals surface area contributed by atoms with E-state index in [1.54, 1.807) is 0 Å². The molecule has 2 aliphatic carbocycles. The molecule has 0 radical (unpaired) electrons. The van der Waals surface area contributed by atoms with E-state index in [0.717, 1.165) is 12.8 Å². The zero-order valence-electron chi connectivity index (χ0n) is 9.37. The Balaban J connectivity index is 2.07. The largest absolute Gasteiger partial charge is 0.479 e. The predicted molar refractivity (Wildman–Crippen MR) is 56.7 cm³/mol. The van der Waals surface area contributed by atoms with Crippen molar-refractivity contribution in [1.82, 2.24) is 0 Å². The average Bonchev–Trinajstić information content (AvgIpc) is 3.01. The van der Waals surface area contributed by atoms with Crippen LogP contribution in [0.1, 0.15) is 44.9 Å². The fourth-order valence-electron chi connectivity index (χ4n) is 3.29. The van der Waals surface area contributed by atoms with Crippen LogP contribution in [0.25, 0.3) is 0 Å². The minimum atomic E-state index is -0.777. The highest BCUT2D eigenvalue weighted by atomic mass is 16.5. The molecule has 1 N–H and O–H groups in total. The van der Waals surface area contributed by atoms with Crippen molar-refractivity contribution < 1.29 is 14.6 Å². The van der Waals surface area contributed by atoms with Gasteiger partial charge in [-0.1, -0.05) is 19.3 Å². The van der Waals surface area contributed by atoms with Crippen molar-refractivity contribution in [2.24, 2.45) is 11.3 Å². The normalized spacial score (nSPS) is 27.3. The number of carboxylic acid groups (broad SMARTS) is 1. The molecule has 2 saturated carbocycles. The molecule has 0 bridgehead atoms. The van der Waals surface area contributed by atoms with Crippen molar-refractivity contribution in [2.45, 2.75) is 51.0 Å². The zero-order chi connectivity index (χ0) is 10.9. The first-order valence-electron chi connectivity index (χ1n) is 5.96. The second-order valence-corrected chi connectivity index (χ2v) is 5.02. The number of rotatable bonds is 4. The monoisotopic (exact) mass is 212 g/mol. The molecule has 0 spiro atoms. The summed E-state index contributed by atoms with van der Waals surface area (Å²) in [7, 11) is 1.53. The molecular weight excluding hydrogens is 192 g/mol. The van der Waals surface area contributed by atoms with Gasteiger partial charge >= 0.3 is 5.97 Å². The standard InChI is InChI=1S/C12H20O3/c1-15-10(11(13)14)12(7-8-12)9-5-3-2-4-6-9/h9-10H,2-8H2,1H3,(H,13,14). The summed E-state index contributed by atoms with van der Waals surface area (Å²) in [6.07, 6.45) is 7.77. The van der Waals surface area contributed by atoms with Gasteiger partial charge in [-0.3, -0.25) is 0 Å². The summed E-state index contributed by atoms with van der Waals surface area (Å²) >= 11 is 0. The summed E-state index contributed by atoms with van der Waals surface area (Å²) in [6, 6.07) is 0. The van der Waals surface area contributed by atoms with Gasteiger partial charge in [0.05, 0.1) is 0 Å². The third kappa shape index (κ3) is 1.89. The van der Waals surface area contributed by atoms with E-state index in [4.69, 9.17) is 9.84 Å². The molecule has 2 fully saturated rings. The molecule has 0 aromatic heterocycles. The quantitative estimate of drug-likeness (QED) is 0.778. The molecule has 2 aliphatic rings. The zero-order valence-corrected chi connectivity index (χ0v) is 9.37. The Morgan fingerprint density at radius 1 is 1.33 bits per heavy atom. The van der Waals surface area contributed by atoms with Gasteiger partial charge in [-0.2, -0.15) is 0 Å². The summed E-state index contributed by atoms with van der Waals surface area (Å²) in [5, 5.41) is 9.15. The first-order valence-corrected chi connectivity index (χ1v) is 5.96. The van der Waals surface area contributed by atoms with E-state index in [1.807, 2.05) is 0 Å². The van der Waals surface area contributed by atoms with Crippen LogP contribution < -0.4 is 0 Å². The van der Waals surface area contributed by atoms with Gasteiger partial charge < -0.3 is 9.84 Å². The van der Waals surface area contributed by atoms with Gasteiger partial charge in [0.2, 0.25) is 0 Å². The Hall–Kier alpha value is -0.570. The third-order valence-corrected chi connectivity index (χ3v) is 4.23. The van der Waals surface area contributed by atoms with Gasteiger partial charge in [0.15, 0.2) is 6.10 Å². The molecule has 1 atom stereocenters. The molecular formula is C12H20O3. The molecule has 0 aromatic rings. The van der Waals surface area contributed by atoms with Gasteiger partial charge in [0.1, 0.15) is 0 Å². The number of ether oxygens (including phenoxy) is 1. The molecule has 0 saturated heterocycles. The highest BCUT2D eigenvalue weighted by Crippen LogP contribution is 2.59. The van der Waals surface area contributed by atoms with Crippen LogP contribution in [-0.2, 0) is 9.53 Å². The van der Waals surface area contributed by atoms with Crippen LogP contribution in [0.5, 0.6) is 0 Å². The maximum Gasteiger partial charge on any atom is 0.333 e. The Kier molecular flexibility index (Phi) is 3.01. The van der Waals surface area contributed by atoms with Crippen LogP contribution in [-0.4, -0.2) is 24.3 Å². The lowest BCUT2D eigenvalue weighted by atomic mass is 9.75. The lowest BCUT2D eigenvalue weighted by molar-refractivity contribution is -0.155. The lowest BCUT2D eigenvalue weighted by Crippen LogP contribution is -2.38. The maximum absolute atomic E-state index is 11.1. The smallest absolute Gasteiger partial charge is 0.333 e. The topological polar surface area (TPSA) is 46.5 Å². The lowest BCUT2D eigenvalue weighted by Gasteiger charge is -2.33. The summed E-state index contributed by atoms with van der Waals surface area (Å²) < 4.78 is 5.19. The SMILES string of the molecule is COC(C(=O)O)C1(C2CCCCC2)CC1. The fraction of sp³-hybridized carbons (Fsp3) is 0.917. The Morgan fingerprint density at radius 2 is 1.93 bits per heavy atom. The first kappa shape index (κ1) is 10.9. The minimum absolute atomic E-state index is 0.0129. The number of hydrogen-bond donors (Lipinski definition) is 1. The molecule has 1 unspecified atom stereocenters. The van der Waals surface area contributed by atoms with E-state index in [9.17, 15) is 4.79 Å². The molecule has 15 heavy (non-hydrogen) atoms. The van der Waals surface area contributed by atoms with Gasteiger partial charge in [-0.15, -0.1) is 0 Å². The summed E-state index contributed by atoms with van der Waals surface area (Å²) in [5.74, 6) is -0.187. The Labute approximate surface area is 90.8 Å². The highest BCUT2D eigenvalue weighted by Gasteiger charge is 2.57. The van der Waals surface area contributed by atoms with Gasteiger partial charge in [0.25, 0.3) is 0 Å². The molecule has 0 amide bonds. The summed E-state index contributed by atoms with van der Waals surface area (Å²) in [5.41, 5.74) is -0.0129. The molecule has 0 aromatic carbocycles. The van der Waals surface area contributed by atoms with Gasteiger partial charge in [0, 0.05) is 12.5 Å². The minimum Gasteiger partial charge on any atom is -0.479 e. The molecule has 2 rings (SSSR count). The number of aliphatic carboxylic acids is 1. The number of hydrogen-bond acceptors (Lipinski definition) is 2. The first-order chi connectivity index (χ1) is 7.20. The second kappa shape index (κ2) is 4.12. The van der Waals surface area contributed by atoms with Gasteiger partial charge in [-0.25, -0.2) is 4.79 Å². The molecule has 0 aliphatic heterocycles. The fourth-order valence-corrected chi connectivity index (χ4v) is 3.29. The average molecular weight is 212 g/mol. The number of carbonyl (C=O) groups is 1. The van der Waals surface area contributed by atoms with Crippen molar-refractivity contribution in [3.63, 3.8) is 0 Å². The van der Waals surface area contributed by atoms with Crippen LogP contribution in [0, 0.1) is 11.3 Å². The number of methoxy groups -OCH3 is 1. The van der Waals surface area contributed by atoms with Crippen LogP contribution in [0.3, 0.4) is 0 Å². The van der Waals surface area contributed by atoms with Crippen molar-refractivity contribution in [3.8, 4) is 0 Å². The molecule has 0 heterocycles. The maximum atomic E-state index is 11.1. The van der Waals surface area contributed by atoms with Crippen molar-refractivity contribution in [2.75, 3.05) is 7.11 Å². The van der Waals surface area contributed by atoms with E-state index >= 15 is 0 Å². The highest BCUT2D eigenvalue weighted by molar-refractivity contribution is 5.74. The third-order valence-electron chi connectivity index (χ3n) is 4.23. The Bertz CT molecular complexity index is 239. The number of carboxylic acids is 1. The van der Waals surface area contributed by atoms with Crippen LogP contribution in [0.2, 0.25) is 0 Å². The van der Waals surface area contributed by atoms with E-state index < -0.39 is 12.1 Å². The van der Waals surface area contributed by atoms with Gasteiger partial charge in [-0.05, 0) is 31.6 Å².